The topological polar surface area (TPSA) is 58.5 Å². The van der Waals surface area contributed by atoms with Crippen LogP contribution in [-0.4, -0.2) is 65.1 Å². The molecule has 0 saturated carbocycles. The second-order valence-corrected chi connectivity index (χ2v) is 9.51. The molecule has 2 aliphatic rings. The summed E-state index contributed by atoms with van der Waals surface area (Å²) in [6, 6.07) is 10.3. The number of halogens is 2. The molecule has 2 fully saturated rings. The first-order valence-corrected chi connectivity index (χ1v) is 12.3. The van der Waals surface area contributed by atoms with Gasteiger partial charge in [0, 0.05) is 56.8 Å². The predicted molar refractivity (Wildman–Crippen MR) is 133 cm³/mol. The molecule has 0 radical (unpaired) electrons. The van der Waals surface area contributed by atoms with Gasteiger partial charge in [-0.15, -0.1) is 5.10 Å². The number of aryl methyl sites for hydroxylation is 1. The van der Waals surface area contributed by atoms with Crippen molar-refractivity contribution in [3.8, 4) is 5.69 Å². The third kappa shape index (κ3) is 5.62. The van der Waals surface area contributed by atoms with E-state index in [9.17, 15) is 8.78 Å². The van der Waals surface area contributed by atoms with Gasteiger partial charge in [-0.3, -0.25) is 0 Å². The second-order valence-electron chi connectivity index (χ2n) is 9.51. The van der Waals surface area contributed by atoms with E-state index in [1.807, 2.05) is 13.2 Å². The molecule has 2 aromatic carbocycles. The van der Waals surface area contributed by atoms with Crippen molar-refractivity contribution >= 4 is 17.3 Å². The summed E-state index contributed by atoms with van der Waals surface area (Å²) in [6.45, 7) is 6.38. The number of ether oxygens (including phenoxy) is 1. The van der Waals surface area contributed by atoms with Gasteiger partial charge in [0.05, 0.1) is 11.8 Å². The van der Waals surface area contributed by atoms with Crippen molar-refractivity contribution in [3.63, 3.8) is 0 Å². The molecule has 9 heteroatoms. The van der Waals surface area contributed by atoms with Gasteiger partial charge in [0.1, 0.15) is 18.0 Å². The molecule has 2 aliphatic heterocycles. The molecule has 0 aliphatic carbocycles. The van der Waals surface area contributed by atoms with Crippen molar-refractivity contribution in [1.82, 2.24) is 19.7 Å². The van der Waals surface area contributed by atoms with E-state index in [2.05, 4.69) is 44.3 Å². The van der Waals surface area contributed by atoms with Crippen LogP contribution in [0.3, 0.4) is 0 Å². The SMILES string of the molecule is COC1CCN(C2CCN(c3cc(C)cc(Nc4ncn(-c5cc(F)cc(F)c5)n4)c3)CC2)CC1. The van der Waals surface area contributed by atoms with E-state index in [0.29, 0.717) is 18.1 Å². The van der Waals surface area contributed by atoms with Crippen molar-refractivity contribution < 1.29 is 13.5 Å². The van der Waals surface area contributed by atoms with Crippen LogP contribution in [0.2, 0.25) is 0 Å². The van der Waals surface area contributed by atoms with Crippen LogP contribution in [0, 0.1) is 18.6 Å². The molecule has 3 heterocycles. The molecule has 35 heavy (non-hydrogen) atoms. The highest BCUT2D eigenvalue weighted by Crippen LogP contribution is 2.29. The number of hydrogen-bond acceptors (Lipinski definition) is 6. The Morgan fingerprint density at radius 3 is 2.29 bits per heavy atom. The smallest absolute Gasteiger partial charge is 0.246 e. The highest BCUT2D eigenvalue weighted by molar-refractivity contribution is 5.64. The molecule has 1 N–H and O–H groups in total. The van der Waals surface area contributed by atoms with E-state index in [1.165, 1.54) is 28.8 Å². The fraction of sp³-hybridized carbons (Fsp3) is 0.462. The van der Waals surface area contributed by atoms with E-state index in [0.717, 1.165) is 69.2 Å². The fourth-order valence-electron chi connectivity index (χ4n) is 5.23. The zero-order valence-corrected chi connectivity index (χ0v) is 20.3. The summed E-state index contributed by atoms with van der Waals surface area (Å²) in [7, 11) is 1.82. The summed E-state index contributed by atoms with van der Waals surface area (Å²) in [5.74, 6) is -0.947. The number of anilines is 3. The van der Waals surface area contributed by atoms with Crippen LogP contribution in [0.25, 0.3) is 5.69 Å². The Kier molecular flexibility index (Phi) is 6.97. The highest BCUT2D eigenvalue weighted by Gasteiger charge is 2.28. The van der Waals surface area contributed by atoms with Crippen molar-refractivity contribution in [2.45, 2.75) is 44.8 Å². The van der Waals surface area contributed by atoms with Crippen LogP contribution >= 0.6 is 0 Å². The summed E-state index contributed by atoms with van der Waals surface area (Å²) in [5, 5.41) is 7.57. The van der Waals surface area contributed by atoms with Crippen LogP contribution < -0.4 is 10.2 Å². The van der Waals surface area contributed by atoms with Crippen LogP contribution in [0.15, 0.2) is 42.7 Å². The van der Waals surface area contributed by atoms with Gasteiger partial charge < -0.3 is 19.9 Å². The molecule has 0 amide bonds. The van der Waals surface area contributed by atoms with Gasteiger partial charge in [0.25, 0.3) is 0 Å². The van der Waals surface area contributed by atoms with Gasteiger partial charge in [0.2, 0.25) is 5.95 Å². The lowest BCUT2D eigenvalue weighted by Crippen LogP contribution is -2.48. The Morgan fingerprint density at radius 1 is 0.886 bits per heavy atom. The number of hydrogen-bond donors (Lipinski definition) is 1. The number of rotatable bonds is 6. The van der Waals surface area contributed by atoms with Crippen LogP contribution in [0.4, 0.5) is 26.1 Å². The Hall–Kier alpha value is -3.04. The molecular weight excluding hydrogens is 450 g/mol. The van der Waals surface area contributed by atoms with Gasteiger partial charge in [-0.1, -0.05) is 0 Å². The average Bonchev–Trinajstić information content (AvgIpc) is 3.32. The van der Waals surface area contributed by atoms with Gasteiger partial charge in [-0.2, -0.15) is 4.98 Å². The summed E-state index contributed by atoms with van der Waals surface area (Å²) < 4.78 is 34.0. The normalized spacial score (nSPS) is 18.2. The molecule has 2 saturated heterocycles. The third-order valence-electron chi connectivity index (χ3n) is 7.08. The molecule has 1 aromatic heterocycles. The summed E-state index contributed by atoms with van der Waals surface area (Å²) >= 11 is 0. The maximum absolute atomic E-state index is 13.6. The molecule has 0 unspecified atom stereocenters. The zero-order valence-electron chi connectivity index (χ0n) is 20.3. The van der Waals surface area contributed by atoms with E-state index < -0.39 is 11.6 Å². The van der Waals surface area contributed by atoms with Crippen LogP contribution in [0.1, 0.15) is 31.2 Å². The minimum Gasteiger partial charge on any atom is -0.381 e. The maximum Gasteiger partial charge on any atom is 0.246 e. The third-order valence-corrected chi connectivity index (χ3v) is 7.08. The van der Waals surface area contributed by atoms with Gasteiger partial charge >= 0.3 is 0 Å². The second kappa shape index (κ2) is 10.3. The lowest BCUT2D eigenvalue weighted by atomic mass is 9.98. The van der Waals surface area contributed by atoms with Gasteiger partial charge in [-0.25, -0.2) is 13.5 Å². The Labute approximate surface area is 204 Å². The number of nitrogens with zero attached hydrogens (tertiary/aromatic N) is 5. The van der Waals surface area contributed by atoms with E-state index >= 15 is 0 Å². The number of aromatic nitrogens is 3. The zero-order chi connectivity index (χ0) is 24.4. The molecule has 5 rings (SSSR count). The van der Waals surface area contributed by atoms with Crippen molar-refractivity contribution in [1.29, 1.82) is 0 Å². The average molecular weight is 483 g/mol. The van der Waals surface area contributed by atoms with Crippen molar-refractivity contribution in [2.24, 2.45) is 0 Å². The minimum absolute atomic E-state index is 0.280. The number of methoxy groups -OCH3 is 1. The van der Waals surface area contributed by atoms with Crippen molar-refractivity contribution in [3.05, 3.63) is 59.9 Å². The van der Waals surface area contributed by atoms with Gasteiger partial charge in [0.15, 0.2) is 0 Å². The predicted octanol–water partition coefficient (Wildman–Crippen LogP) is 4.68. The quantitative estimate of drug-likeness (QED) is 0.551. The standard InChI is InChI=1S/C26H32F2N6O/c1-18-11-21(30-26-29-17-34(31-26)24-14-19(27)13-20(28)15-24)16-23(12-18)33-7-3-22(4-8-33)32-9-5-25(35-2)6-10-32/h11-17,22,25H,3-10H2,1-2H3,(H,30,31). The number of likely N-dealkylation sites (tertiary alicyclic amines) is 1. The number of nitrogens with one attached hydrogen (secondary N) is 1. The monoisotopic (exact) mass is 482 g/mol. The van der Waals surface area contributed by atoms with Crippen LogP contribution in [0.5, 0.6) is 0 Å². The summed E-state index contributed by atoms with van der Waals surface area (Å²) in [5.41, 5.74) is 3.48. The highest BCUT2D eigenvalue weighted by atomic mass is 19.1. The van der Waals surface area contributed by atoms with Gasteiger partial charge in [-0.05, 0) is 68.5 Å². The number of benzene rings is 2. The van der Waals surface area contributed by atoms with E-state index in [4.69, 9.17) is 4.74 Å². The first-order chi connectivity index (χ1) is 17.0. The first kappa shape index (κ1) is 23.7. The molecule has 0 atom stereocenters. The molecule has 7 nitrogen and oxygen atoms in total. The summed E-state index contributed by atoms with van der Waals surface area (Å²) in [6.07, 6.45) is 6.42. The lowest BCUT2D eigenvalue weighted by Gasteiger charge is -2.42. The molecule has 0 spiro atoms. The Balaban J connectivity index is 1.23. The van der Waals surface area contributed by atoms with Crippen molar-refractivity contribution in [2.75, 3.05) is 43.5 Å². The largest absolute Gasteiger partial charge is 0.381 e. The maximum atomic E-state index is 13.6. The number of piperidine rings is 2. The lowest BCUT2D eigenvalue weighted by molar-refractivity contribution is 0.0233. The molecule has 0 bridgehead atoms. The van der Waals surface area contributed by atoms with E-state index in [-0.39, 0.29) is 5.69 Å². The fourth-order valence-corrected chi connectivity index (χ4v) is 5.23. The Morgan fingerprint density at radius 2 is 1.60 bits per heavy atom. The minimum atomic E-state index is -0.656. The Bertz CT molecular complexity index is 1130. The molecular formula is C26H32F2N6O. The molecule has 3 aromatic rings. The first-order valence-electron chi connectivity index (χ1n) is 12.3. The molecule has 186 valence electrons. The van der Waals surface area contributed by atoms with E-state index in [1.54, 1.807) is 0 Å². The van der Waals surface area contributed by atoms with Crippen LogP contribution in [-0.2, 0) is 4.74 Å². The summed E-state index contributed by atoms with van der Waals surface area (Å²) in [4.78, 5) is 9.34.